The van der Waals surface area contributed by atoms with Gasteiger partial charge in [0.15, 0.2) is 24.7 Å². The number of thioether (sulfide) groups is 2. The first-order valence-corrected chi connectivity index (χ1v) is 14.2. The molecule has 1 aliphatic heterocycles. The van der Waals surface area contributed by atoms with Crippen LogP contribution in [0.5, 0.6) is 17.2 Å². The van der Waals surface area contributed by atoms with Gasteiger partial charge in [0.2, 0.25) is 0 Å². The number of ether oxygens (including phenoxy) is 4. The molecule has 0 bridgehead atoms. The number of nitrogens with one attached hydrogen (secondary N) is 1. The number of benzene rings is 2. The lowest BCUT2D eigenvalue weighted by Gasteiger charge is -2.14. The molecule has 1 amide bonds. The lowest BCUT2D eigenvalue weighted by molar-refractivity contribution is -0.145. The number of nitrogens with zero attached hydrogens (tertiary/aromatic N) is 1. The van der Waals surface area contributed by atoms with Crippen LogP contribution in [0.25, 0.3) is 0 Å². The molecule has 0 aliphatic carbocycles. The van der Waals surface area contributed by atoms with Gasteiger partial charge in [-0.3, -0.25) is 4.79 Å². The molecule has 0 aromatic heterocycles. The number of carbonyl (C=O) groups is 2. The Hall–Kier alpha value is -2.12. The number of hydrazone groups is 1. The quantitative estimate of drug-likeness (QED) is 0.157. The average molecular weight is 631 g/mol. The Kier molecular flexibility index (Phi) is 11.3. The van der Waals surface area contributed by atoms with E-state index < -0.39 is 5.97 Å². The topological polar surface area (TPSA) is 95.5 Å². The summed E-state index contributed by atoms with van der Waals surface area (Å²) in [6.07, 6.45) is 1.50. The first-order valence-electron chi connectivity index (χ1n) is 11.0. The summed E-state index contributed by atoms with van der Waals surface area (Å²) >= 11 is 5.98. The zero-order valence-corrected chi connectivity index (χ0v) is 23.2. The summed E-state index contributed by atoms with van der Waals surface area (Å²) < 4.78 is 22.9. The molecule has 1 heterocycles. The van der Waals surface area contributed by atoms with Crippen LogP contribution in [0.1, 0.15) is 29.6 Å². The first-order chi connectivity index (χ1) is 17.0. The predicted molar refractivity (Wildman–Crippen MR) is 148 cm³/mol. The van der Waals surface area contributed by atoms with E-state index >= 15 is 0 Å². The molecule has 8 nitrogen and oxygen atoms in total. The molecule has 2 aromatic rings. The van der Waals surface area contributed by atoms with Gasteiger partial charge in [-0.2, -0.15) is 5.10 Å². The summed E-state index contributed by atoms with van der Waals surface area (Å²) in [4.78, 5) is 23.7. The highest BCUT2D eigenvalue weighted by Crippen LogP contribution is 2.45. The molecule has 11 heteroatoms. The number of halogens is 1. The molecule has 0 spiro atoms. The van der Waals surface area contributed by atoms with E-state index in [4.69, 9.17) is 18.9 Å². The zero-order chi connectivity index (χ0) is 25.0. The van der Waals surface area contributed by atoms with E-state index in [0.29, 0.717) is 34.0 Å². The van der Waals surface area contributed by atoms with Gasteiger partial charge in [-0.15, -0.1) is 23.5 Å². The van der Waals surface area contributed by atoms with Crippen molar-refractivity contribution in [2.24, 2.45) is 5.10 Å². The molecular weight excluding hydrogens is 603 g/mol. The minimum absolute atomic E-state index is 0.147. The van der Waals surface area contributed by atoms with E-state index in [1.807, 2.05) is 54.7 Å². The summed E-state index contributed by atoms with van der Waals surface area (Å²) in [5, 5.41) is 4.01. The van der Waals surface area contributed by atoms with Crippen LogP contribution in [0.3, 0.4) is 0 Å². The molecular formula is C24H27IN2O6S2. The van der Waals surface area contributed by atoms with Gasteiger partial charge in [0.05, 0.1) is 27.6 Å². The SMILES string of the molecule is CCOC(=O)COc1c(I)cc(/C=N\NC(=O)COc2ccc(C3SCCS3)cc2)cc1OCC. The Morgan fingerprint density at radius 3 is 2.49 bits per heavy atom. The van der Waals surface area contributed by atoms with E-state index in [0.717, 1.165) is 3.57 Å². The van der Waals surface area contributed by atoms with Gasteiger partial charge in [-0.05, 0) is 71.8 Å². The lowest BCUT2D eigenvalue weighted by atomic mass is 10.2. The van der Waals surface area contributed by atoms with E-state index in [9.17, 15) is 9.59 Å². The Bertz CT molecular complexity index is 1030. The highest BCUT2D eigenvalue weighted by atomic mass is 127. The molecule has 0 unspecified atom stereocenters. The van der Waals surface area contributed by atoms with E-state index in [1.54, 1.807) is 19.1 Å². The largest absolute Gasteiger partial charge is 0.490 e. The van der Waals surface area contributed by atoms with Crippen LogP contribution in [-0.4, -0.2) is 56.0 Å². The van der Waals surface area contributed by atoms with Gasteiger partial charge in [0, 0.05) is 11.5 Å². The van der Waals surface area contributed by atoms with Crippen LogP contribution in [0.15, 0.2) is 41.5 Å². The van der Waals surface area contributed by atoms with Crippen LogP contribution in [0.4, 0.5) is 0 Å². The van der Waals surface area contributed by atoms with Gasteiger partial charge < -0.3 is 18.9 Å². The lowest BCUT2D eigenvalue weighted by Crippen LogP contribution is -2.24. The maximum Gasteiger partial charge on any atom is 0.344 e. The van der Waals surface area contributed by atoms with Crippen molar-refractivity contribution in [3.63, 3.8) is 0 Å². The number of amides is 1. The zero-order valence-electron chi connectivity index (χ0n) is 19.5. The van der Waals surface area contributed by atoms with Crippen molar-refractivity contribution in [2.45, 2.75) is 18.4 Å². The second-order valence-corrected chi connectivity index (χ2v) is 11.0. The Morgan fingerprint density at radius 1 is 1.06 bits per heavy atom. The third kappa shape index (κ3) is 8.80. The fraction of sp³-hybridized carbons (Fsp3) is 0.375. The summed E-state index contributed by atoms with van der Waals surface area (Å²) in [5.74, 6) is 3.08. The third-order valence-electron chi connectivity index (χ3n) is 4.52. The van der Waals surface area contributed by atoms with Gasteiger partial charge >= 0.3 is 5.97 Å². The molecule has 188 valence electrons. The van der Waals surface area contributed by atoms with Crippen LogP contribution in [0.2, 0.25) is 0 Å². The summed E-state index contributed by atoms with van der Waals surface area (Å²) in [6, 6.07) is 11.4. The van der Waals surface area contributed by atoms with Crippen molar-refractivity contribution in [2.75, 3.05) is 37.9 Å². The number of hydrogen-bond donors (Lipinski definition) is 1. The fourth-order valence-corrected chi connectivity index (χ4v) is 6.67. The molecule has 1 fully saturated rings. The molecule has 0 radical (unpaired) electrons. The van der Waals surface area contributed by atoms with Crippen molar-refractivity contribution in [1.82, 2.24) is 5.43 Å². The van der Waals surface area contributed by atoms with E-state index in [-0.39, 0.29) is 25.7 Å². The molecule has 0 saturated carbocycles. The second kappa shape index (κ2) is 14.4. The average Bonchev–Trinajstić information content (AvgIpc) is 3.38. The maximum atomic E-state index is 12.1. The van der Waals surface area contributed by atoms with E-state index in [1.165, 1.54) is 23.3 Å². The van der Waals surface area contributed by atoms with Crippen molar-refractivity contribution < 1.29 is 28.5 Å². The monoisotopic (exact) mass is 630 g/mol. The Labute approximate surface area is 227 Å². The molecule has 2 aromatic carbocycles. The van der Waals surface area contributed by atoms with Gasteiger partial charge in [-0.25, -0.2) is 10.2 Å². The number of esters is 1. The van der Waals surface area contributed by atoms with Crippen molar-refractivity contribution >= 4 is 64.2 Å². The number of carbonyl (C=O) groups excluding carboxylic acids is 2. The first kappa shape index (κ1) is 27.5. The van der Waals surface area contributed by atoms with Crippen molar-refractivity contribution in [3.05, 3.63) is 51.1 Å². The molecule has 0 atom stereocenters. The summed E-state index contributed by atoms with van der Waals surface area (Å²) in [7, 11) is 0. The predicted octanol–water partition coefficient (Wildman–Crippen LogP) is 4.64. The Morgan fingerprint density at radius 2 is 1.80 bits per heavy atom. The van der Waals surface area contributed by atoms with Gasteiger partial charge in [0.1, 0.15) is 5.75 Å². The smallest absolute Gasteiger partial charge is 0.344 e. The molecule has 1 aliphatic rings. The van der Waals surface area contributed by atoms with Gasteiger partial charge in [-0.1, -0.05) is 12.1 Å². The Balaban J connectivity index is 1.51. The second-order valence-electron chi connectivity index (χ2n) is 7.08. The number of hydrogen-bond acceptors (Lipinski definition) is 9. The maximum absolute atomic E-state index is 12.1. The fourth-order valence-electron chi connectivity index (χ4n) is 3.03. The minimum atomic E-state index is -0.455. The van der Waals surface area contributed by atoms with Crippen molar-refractivity contribution in [1.29, 1.82) is 0 Å². The molecule has 1 N–H and O–H groups in total. The molecule has 35 heavy (non-hydrogen) atoms. The number of rotatable bonds is 12. The van der Waals surface area contributed by atoms with Crippen LogP contribution >= 0.6 is 46.1 Å². The van der Waals surface area contributed by atoms with Crippen molar-refractivity contribution in [3.8, 4) is 17.2 Å². The molecule has 3 rings (SSSR count). The normalized spacial score (nSPS) is 13.6. The third-order valence-corrected chi connectivity index (χ3v) is 8.42. The van der Waals surface area contributed by atoms with Gasteiger partial charge in [0.25, 0.3) is 5.91 Å². The highest BCUT2D eigenvalue weighted by Gasteiger charge is 2.18. The summed E-state index contributed by atoms with van der Waals surface area (Å²) in [6.45, 7) is 3.93. The van der Waals surface area contributed by atoms with Crippen LogP contribution in [0, 0.1) is 3.57 Å². The molecule has 1 saturated heterocycles. The summed E-state index contributed by atoms with van der Waals surface area (Å²) in [5.41, 5.74) is 4.42. The minimum Gasteiger partial charge on any atom is -0.490 e. The highest BCUT2D eigenvalue weighted by molar-refractivity contribution is 14.1. The standard InChI is InChI=1S/C24H27IN2O6S2/c1-3-30-20-12-16(11-19(25)23(20)33-15-22(29)31-4-2)13-26-27-21(28)14-32-18-7-5-17(6-8-18)24-34-9-10-35-24/h5-8,11-13,24H,3-4,9-10,14-15H2,1-2H3,(H,27,28)/b26-13-. The van der Waals surface area contributed by atoms with Crippen LogP contribution < -0.4 is 19.6 Å². The van der Waals surface area contributed by atoms with Crippen LogP contribution in [-0.2, 0) is 14.3 Å². The van der Waals surface area contributed by atoms with E-state index in [2.05, 4.69) is 33.1 Å².